The summed E-state index contributed by atoms with van der Waals surface area (Å²) in [7, 11) is 1.61. The van der Waals surface area contributed by atoms with Gasteiger partial charge >= 0.3 is 0 Å². The van der Waals surface area contributed by atoms with Crippen LogP contribution in [0, 0.1) is 0 Å². The molecule has 1 aliphatic heterocycles. The third-order valence-corrected chi connectivity index (χ3v) is 3.11. The third-order valence-electron chi connectivity index (χ3n) is 3.11. The molecule has 1 fully saturated rings. The maximum absolute atomic E-state index is 14.1. The molecule has 1 aromatic carbocycles. The van der Waals surface area contributed by atoms with Gasteiger partial charge in [-0.1, -0.05) is 12.1 Å². The molecule has 0 bridgehead atoms. The van der Waals surface area contributed by atoms with E-state index in [1.807, 2.05) is 0 Å². The molecule has 1 saturated heterocycles. The molecular weight excluding hydrogens is 219 g/mol. The lowest BCUT2D eigenvalue weighted by Gasteiger charge is -2.28. The summed E-state index contributed by atoms with van der Waals surface area (Å²) in [5.41, 5.74) is 0.726. The largest absolute Gasteiger partial charge is 0.497 e. The zero-order valence-electron chi connectivity index (χ0n) is 10.2. The molecule has 3 nitrogen and oxygen atoms in total. The lowest BCUT2D eigenvalue weighted by molar-refractivity contribution is 0.175. The highest BCUT2D eigenvalue weighted by atomic mass is 19.1. The van der Waals surface area contributed by atoms with Gasteiger partial charge in [-0.25, -0.2) is 4.39 Å². The maximum Gasteiger partial charge on any atom is 0.138 e. The van der Waals surface area contributed by atoms with Crippen molar-refractivity contribution < 1.29 is 9.13 Å². The molecule has 1 heterocycles. The molecular formula is C13H19FN2O. The van der Waals surface area contributed by atoms with Crippen LogP contribution in [0.15, 0.2) is 24.3 Å². The van der Waals surface area contributed by atoms with Gasteiger partial charge in [0.05, 0.1) is 7.11 Å². The minimum absolute atomic E-state index is 0.480. The standard InChI is InChI=1S/C13H19FN2O/c1-17-12-4-2-11(3-5-12)13(14)10-16-8-6-15-7-9-16/h2-5,13,15H,6-10H2,1H3/t13-/m0/s1. The van der Waals surface area contributed by atoms with Crippen LogP contribution in [0.4, 0.5) is 4.39 Å². The van der Waals surface area contributed by atoms with Crippen LogP contribution in [0.5, 0.6) is 5.75 Å². The summed E-state index contributed by atoms with van der Waals surface area (Å²) in [6, 6.07) is 7.21. The Kier molecular flexibility index (Phi) is 4.34. The normalized spacial score (nSPS) is 18.9. The van der Waals surface area contributed by atoms with Gasteiger partial charge in [0.2, 0.25) is 0 Å². The highest BCUT2D eigenvalue weighted by molar-refractivity contribution is 5.28. The average Bonchev–Trinajstić information content (AvgIpc) is 2.40. The third kappa shape index (κ3) is 3.41. The Balaban J connectivity index is 1.91. The minimum atomic E-state index is -0.918. The minimum Gasteiger partial charge on any atom is -0.497 e. The molecule has 1 aromatic rings. The summed E-state index contributed by atoms with van der Waals surface area (Å²) >= 11 is 0. The Hall–Kier alpha value is -1.13. The van der Waals surface area contributed by atoms with E-state index in [2.05, 4.69) is 10.2 Å². The molecule has 1 atom stereocenters. The van der Waals surface area contributed by atoms with Crippen molar-refractivity contribution >= 4 is 0 Å². The summed E-state index contributed by atoms with van der Waals surface area (Å²) in [5.74, 6) is 0.767. The van der Waals surface area contributed by atoms with Crippen molar-refractivity contribution in [3.8, 4) is 5.75 Å². The van der Waals surface area contributed by atoms with E-state index in [1.165, 1.54) is 0 Å². The molecule has 0 aliphatic carbocycles. The molecule has 0 aromatic heterocycles. The fourth-order valence-corrected chi connectivity index (χ4v) is 2.04. The molecule has 0 spiro atoms. The zero-order valence-corrected chi connectivity index (χ0v) is 10.2. The molecule has 0 saturated carbocycles. The van der Waals surface area contributed by atoms with Crippen LogP contribution in [0.1, 0.15) is 11.7 Å². The van der Waals surface area contributed by atoms with E-state index in [-0.39, 0.29) is 0 Å². The first-order valence-electron chi connectivity index (χ1n) is 6.00. The number of hydrogen-bond donors (Lipinski definition) is 1. The van der Waals surface area contributed by atoms with E-state index in [1.54, 1.807) is 31.4 Å². The van der Waals surface area contributed by atoms with Crippen molar-refractivity contribution in [3.05, 3.63) is 29.8 Å². The topological polar surface area (TPSA) is 24.5 Å². The number of methoxy groups -OCH3 is 1. The Morgan fingerprint density at radius 1 is 1.29 bits per heavy atom. The van der Waals surface area contributed by atoms with Crippen molar-refractivity contribution in [2.24, 2.45) is 0 Å². The second-order valence-electron chi connectivity index (χ2n) is 4.29. The van der Waals surface area contributed by atoms with Crippen LogP contribution in [0.25, 0.3) is 0 Å². The smallest absolute Gasteiger partial charge is 0.138 e. The number of piperazine rings is 1. The highest BCUT2D eigenvalue weighted by Crippen LogP contribution is 2.21. The van der Waals surface area contributed by atoms with Crippen LogP contribution in [0.2, 0.25) is 0 Å². The number of hydrogen-bond acceptors (Lipinski definition) is 3. The number of ether oxygens (including phenoxy) is 1. The number of halogens is 1. The molecule has 0 radical (unpaired) electrons. The molecule has 0 amide bonds. The summed E-state index contributed by atoms with van der Waals surface area (Å²) in [5, 5.41) is 3.26. The Bertz CT molecular complexity index is 336. The molecule has 17 heavy (non-hydrogen) atoms. The summed E-state index contributed by atoms with van der Waals surface area (Å²) in [6.45, 7) is 4.24. The molecule has 1 aliphatic rings. The second-order valence-corrected chi connectivity index (χ2v) is 4.29. The van der Waals surface area contributed by atoms with Gasteiger partial charge in [0, 0.05) is 32.7 Å². The Morgan fingerprint density at radius 2 is 1.94 bits per heavy atom. The second kappa shape index (κ2) is 5.98. The van der Waals surface area contributed by atoms with E-state index in [4.69, 9.17) is 4.74 Å². The van der Waals surface area contributed by atoms with Gasteiger partial charge in [0.15, 0.2) is 0 Å². The number of alkyl halides is 1. The van der Waals surface area contributed by atoms with E-state index in [0.717, 1.165) is 37.5 Å². The summed E-state index contributed by atoms with van der Waals surface area (Å²) < 4.78 is 19.1. The number of nitrogens with one attached hydrogen (secondary N) is 1. The molecule has 4 heteroatoms. The first-order chi connectivity index (χ1) is 8.29. The fraction of sp³-hybridized carbons (Fsp3) is 0.538. The van der Waals surface area contributed by atoms with Crippen LogP contribution >= 0.6 is 0 Å². The van der Waals surface area contributed by atoms with Gasteiger partial charge in [0.25, 0.3) is 0 Å². The lowest BCUT2D eigenvalue weighted by atomic mass is 10.1. The Labute approximate surface area is 102 Å². The first kappa shape index (κ1) is 12.3. The monoisotopic (exact) mass is 238 g/mol. The summed E-state index contributed by atoms with van der Waals surface area (Å²) in [6.07, 6.45) is -0.918. The number of nitrogens with zero attached hydrogens (tertiary/aromatic N) is 1. The van der Waals surface area contributed by atoms with E-state index in [9.17, 15) is 4.39 Å². The summed E-state index contributed by atoms with van der Waals surface area (Å²) in [4.78, 5) is 2.16. The van der Waals surface area contributed by atoms with Crippen molar-refractivity contribution in [1.29, 1.82) is 0 Å². The van der Waals surface area contributed by atoms with Gasteiger partial charge < -0.3 is 10.1 Å². The molecule has 2 rings (SSSR count). The van der Waals surface area contributed by atoms with Crippen LogP contribution in [-0.4, -0.2) is 44.7 Å². The predicted octanol–water partition coefficient (Wildman–Crippen LogP) is 1.61. The SMILES string of the molecule is COc1ccc([C@@H](F)CN2CCNCC2)cc1. The Morgan fingerprint density at radius 3 is 2.53 bits per heavy atom. The fourth-order valence-electron chi connectivity index (χ4n) is 2.04. The maximum atomic E-state index is 14.1. The molecule has 94 valence electrons. The van der Waals surface area contributed by atoms with E-state index < -0.39 is 6.17 Å². The number of rotatable bonds is 4. The predicted molar refractivity (Wildman–Crippen MR) is 66.2 cm³/mol. The molecule has 1 N–H and O–H groups in total. The van der Waals surface area contributed by atoms with Gasteiger partial charge in [-0.15, -0.1) is 0 Å². The highest BCUT2D eigenvalue weighted by Gasteiger charge is 2.16. The number of benzene rings is 1. The van der Waals surface area contributed by atoms with Crippen LogP contribution < -0.4 is 10.1 Å². The van der Waals surface area contributed by atoms with Crippen LogP contribution in [0.3, 0.4) is 0 Å². The van der Waals surface area contributed by atoms with Crippen molar-refractivity contribution in [2.75, 3.05) is 39.8 Å². The van der Waals surface area contributed by atoms with Gasteiger partial charge in [-0.05, 0) is 17.7 Å². The van der Waals surface area contributed by atoms with E-state index >= 15 is 0 Å². The quantitative estimate of drug-likeness (QED) is 0.862. The van der Waals surface area contributed by atoms with E-state index in [0.29, 0.717) is 6.54 Å². The molecule has 0 unspecified atom stereocenters. The van der Waals surface area contributed by atoms with Crippen molar-refractivity contribution in [3.63, 3.8) is 0 Å². The van der Waals surface area contributed by atoms with Crippen molar-refractivity contribution in [2.45, 2.75) is 6.17 Å². The van der Waals surface area contributed by atoms with Gasteiger partial charge in [-0.3, -0.25) is 4.90 Å². The lowest BCUT2D eigenvalue weighted by Crippen LogP contribution is -2.44. The first-order valence-corrected chi connectivity index (χ1v) is 6.00. The van der Waals surface area contributed by atoms with Gasteiger partial charge in [-0.2, -0.15) is 0 Å². The van der Waals surface area contributed by atoms with Crippen molar-refractivity contribution in [1.82, 2.24) is 10.2 Å². The van der Waals surface area contributed by atoms with Gasteiger partial charge in [0.1, 0.15) is 11.9 Å². The van der Waals surface area contributed by atoms with Crippen LogP contribution in [-0.2, 0) is 0 Å². The average molecular weight is 238 g/mol. The zero-order chi connectivity index (χ0) is 12.1.